The molecule has 0 radical (unpaired) electrons. The highest BCUT2D eigenvalue weighted by atomic mass is 127. The Hall–Kier alpha value is -0.620. The number of amides is 1. The molecule has 0 saturated carbocycles. The van der Waals surface area contributed by atoms with Crippen LogP contribution >= 0.6 is 22.6 Å². The van der Waals surface area contributed by atoms with Crippen LogP contribution in [-0.2, 0) is 4.79 Å². The minimum absolute atomic E-state index is 0.133. The van der Waals surface area contributed by atoms with Crippen molar-refractivity contribution in [2.45, 2.75) is 26.2 Å². The fourth-order valence-corrected chi connectivity index (χ4v) is 2.78. The third-order valence-corrected chi connectivity index (χ3v) is 4.02. The number of hydrogen-bond donors (Lipinski definition) is 2. The molecule has 0 aromatic heterocycles. The molecule has 1 amide bonds. The molecule has 0 spiro atoms. The number of halogens is 1. The van der Waals surface area contributed by atoms with Gasteiger partial charge in [0.05, 0.1) is 0 Å². The minimum Gasteiger partial charge on any atom is -0.326 e. The Morgan fingerprint density at radius 3 is 3.11 bits per heavy atom. The maximum atomic E-state index is 12.0. The van der Waals surface area contributed by atoms with Crippen molar-refractivity contribution in [3.63, 3.8) is 0 Å². The van der Waals surface area contributed by atoms with E-state index >= 15 is 0 Å². The second kappa shape index (κ2) is 6.52. The zero-order chi connectivity index (χ0) is 13.0. The second-order valence-electron chi connectivity index (χ2n) is 4.92. The van der Waals surface area contributed by atoms with Gasteiger partial charge in [0, 0.05) is 15.7 Å². The van der Waals surface area contributed by atoms with Crippen molar-refractivity contribution in [2.24, 2.45) is 5.92 Å². The number of carbonyl (C=O) groups is 1. The van der Waals surface area contributed by atoms with Gasteiger partial charge in [-0.25, -0.2) is 0 Å². The molecule has 0 aliphatic carbocycles. The van der Waals surface area contributed by atoms with E-state index in [9.17, 15) is 4.79 Å². The largest absolute Gasteiger partial charge is 0.326 e. The molecule has 3 nitrogen and oxygen atoms in total. The number of rotatable bonds is 3. The Morgan fingerprint density at radius 1 is 1.56 bits per heavy atom. The van der Waals surface area contributed by atoms with Crippen LogP contribution < -0.4 is 10.6 Å². The SMILES string of the molecule is Cc1ccc(I)cc1NC(=O)CC1CCCNC1. The van der Waals surface area contributed by atoms with E-state index in [0.29, 0.717) is 12.3 Å². The number of anilines is 1. The van der Waals surface area contributed by atoms with Crippen LogP contribution in [0.2, 0.25) is 0 Å². The van der Waals surface area contributed by atoms with Gasteiger partial charge in [-0.15, -0.1) is 0 Å². The molecule has 4 heteroatoms. The molecule has 1 aromatic rings. The van der Waals surface area contributed by atoms with Gasteiger partial charge in [-0.3, -0.25) is 4.79 Å². The van der Waals surface area contributed by atoms with Crippen LogP contribution in [0.4, 0.5) is 5.69 Å². The van der Waals surface area contributed by atoms with Gasteiger partial charge in [0.25, 0.3) is 0 Å². The van der Waals surface area contributed by atoms with E-state index in [1.165, 1.54) is 6.42 Å². The monoisotopic (exact) mass is 358 g/mol. The van der Waals surface area contributed by atoms with Gasteiger partial charge in [-0.05, 0) is 79.1 Å². The smallest absolute Gasteiger partial charge is 0.224 e. The van der Waals surface area contributed by atoms with Crippen LogP contribution in [0.15, 0.2) is 18.2 Å². The summed E-state index contributed by atoms with van der Waals surface area (Å²) in [6, 6.07) is 6.11. The number of carbonyl (C=O) groups excluding carboxylic acids is 1. The summed E-state index contributed by atoms with van der Waals surface area (Å²) in [4.78, 5) is 12.0. The maximum absolute atomic E-state index is 12.0. The van der Waals surface area contributed by atoms with Crippen LogP contribution in [0, 0.1) is 16.4 Å². The topological polar surface area (TPSA) is 41.1 Å². The van der Waals surface area contributed by atoms with E-state index in [0.717, 1.165) is 34.3 Å². The maximum Gasteiger partial charge on any atom is 0.224 e. The number of benzene rings is 1. The molecule has 98 valence electrons. The molecular weight excluding hydrogens is 339 g/mol. The molecule has 0 bridgehead atoms. The standard InChI is InChI=1S/C14H19IN2O/c1-10-4-5-12(15)8-13(10)17-14(18)7-11-3-2-6-16-9-11/h4-5,8,11,16H,2-3,6-7,9H2,1H3,(H,17,18). The fourth-order valence-electron chi connectivity index (χ4n) is 2.29. The van der Waals surface area contributed by atoms with Crippen molar-refractivity contribution in [2.75, 3.05) is 18.4 Å². The normalized spacial score (nSPS) is 19.6. The lowest BCUT2D eigenvalue weighted by Crippen LogP contribution is -2.32. The molecule has 1 fully saturated rings. The van der Waals surface area contributed by atoms with Crippen molar-refractivity contribution in [1.82, 2.24) is 5.32 Å². The molecule has 1 aromatic carbocycles. The highest BCUT2D eigenvalue weighted by Crippen LogP contribution is 2.20. The molecule has 1 aliphatic rings. The molecule has 2 rings (SSSR count). The molecule has 1 saturated heterocycles. The van der Waals surface area contributed by atoms with Gasteiger partial charge < -0.3 is 10.6 Å². The van der Waals surface area contributed by atoms with E-state index in [-0.39, 0.29) is 5.91 Å². The third-order valence-electron chi connectivity index (χ3n) is 3.35. The Labute approximate surface area is 122 Å². The van der Waals surface area contributed by atoms with Gasteiger partial charge >= 0.3 is 0 Å². The zero-order valence-electron chi connectivity index (χ0n) is 10.6. The van der Waals surface area contributed by atoms with Crippen molar-refractivity contribution in [3.05, 3.63) is 27.3 Å². The Bertz CT molecular complexity index is 428. The van der Waals surface area contributed by atoms with Crippen LogP contribution in [0.3, 0.4) is 0 Å². The van der Waals surface area contributed by atoms with Crippen LogP contribution in [0.1, 0.15) is 24.8 Å². The average molecular weight is 358 g/mol. The Balaban J connectivity index is 1.92. The number of aryl methyl sites for hydroxylation is 1. The van der Waals surface area contributed by atoms with Crippen molar-refractivity contribution < 1.29 is 4.79 Å². The highest BCUT2D eigenvalue weighted by molar-refractivity contribution is 14.1. The molecular formula is C14H19IN2O. The van der Waals surface area contributed by atoms with Crippen LogP contribution in [0.25, 0.3) is 0 Å². The van der Waals surface area contributed by atoms with E-state index in [4.69, 9.17) is 0 Å². The summed E-state index contributed by atoms with van der Waals surface area (Å²) in [5.41, 5.74) is 2.06. The number of hydrogen-bond acceptors (Lipinski definition) is 2. The number of piperidine rings is 1. The van der Waals surface area contributed by atoms with E-state index in [1.807, 2.05) is 19.1 Å². The van der Waals surface area contributed by atoms with Gasteiger partial charge in [0.1, 0.15) is 0 Å². The predicted molar refractivity (Wildman–Crippen MR) is 82.7 cm³/mol. The number of nitrogens with one attached hydrogen (secondary N) is 2. The fraction of sp³-hybridized carbons (Fsp3) is 0.500. The van der Waals surface area contributed by atoms with Crippen molar-refractivity contribution >= 4 is 34.2 Å². The van der Waals surface area contributed by atoms with Gasteiger partial charge in [0.2, 0.25) is 5.91 Å². The second-order valence-corrected chi connectivity index (χ2v) is 6.17. The summed E-state index contributed by atoms with van der Waals surface area (Å²) in [5.74, 6) is 0.621. The summed E-state index contributed by atoms with van der Waals surface area (Å²) in [6.07, 6.45) is 2.96. The summed E-state index contributed by atoms with van der Waals surface area (Å²) >= 11 is 2.26. The average Bonchev–Trinajstić information content (AvgIpc) is 2.35. The summed E-state index contributed by atoms with van der Waals surface area (Å²) in [6.45, 7) is 4.08. The molecule has 1 unspecified atom stereocenters. The van der Waals surface area contributed by atoms with Gasteiger partial charge in [-0.2, -0.15) is 0 Å². The summed E-state index contributed by atoms with van der Waals surface area (Å²) in [7, 11) is 0. The third kappa shape index (κ3) is 3.95. The zero-order valence-corrected chi connectivity index (χ0v) is 12.8. The highest BCUT2D eigenvalue weighted by Gasteiger charge is 2.17. The first-order chi connectivity index (χ1) is 8.65. The van der Waals surface area contributed by atoms with Crippen molar-refractivity contribution in [1.29, 1.82) is 0 Å². The lowest BCUT2D eigenvalue weighted by Gasteiger charge is -2.22. The first-order valence-electron chi connectivity index (χ1n) is 6.42. The predicted octanol–water partition coefficient (Wildman–Crippen LogP) is 2.93. The van der Waals surface area contributed by atoms with Gasteiger partial charge in [0.15, 0.2) is 0 Å². The van der Waals surface area contributed by atoms with E-state index < -0.39 is 0 Å². The van der Waals surface area contributed by atoms with E-state index in [2.05, 4.69) is 39.3 Å². The molecule has 2 N–H and O–H groups in total. The minimum atomic E-state index is 0.133. The first kappa shape index (κ1) is 13.8. The van der Waals surface area contributed by atoms with Crippen LogP contribution in [-0.4, -0.2) is 19.0 Å². The van der Waals surface area contributed by atoms with Crippen molar-refractivity contribution in [3.8, 4) is 0 Å². The van der Waals surface area contributed by atoms with Gasteiger partial charge in [-0.1, -0.05) is 6.07 Å². The summed E-state index contributed by atoms with van der Waals surface area (Å²) < 4.78 is 1.15. The first-order valence-corrected chi connectivity index (χ1v) is 7.50. The molecule has 1 atom stereocenters. The lowest BCUT2D eigenvalue weighted by atomic mass is 9.96. The van der Waals surface area contributed by atoms with E-state index in [1.54, 1.807) is 0 Å². The quantitative estimate of drug-likeness (QED) is 0.816. The molecule has 1 heterocycles. The Morgan fingerprint density at radius 2 is 2.39 bits per heavy atom. The molecule has 18 heavy (non-hydrogen) atoms. The lowest BCUT2D eigenvalue weighted by molar-refractivity contribution is -0.117. The summed E-state index contributed by atoms with van der Waals surface area (Å²) in [5, 5.41) is 6.37. The molecule has 1 aliphatic heterocycles. The Kier molecular flexibility index (Phi) is 5.00. The van der Waals surface area contributed by atoms with Crippen LogP contribution in [0.5, 0.6) is 0 Å².